The van der Waals surface area contributed by atoms with Crippen LogP contribution in [0.3, 0.4) is 0 Å². The molecule has 23 heavy (non-hydrogen) atoms. The lowest BCUT2D eigenvalue weighted by atomic mass is 9.95. The number of amides is 1. The van der Waals surface area contributed by atoms with Gasteiger partial charge in [0.2, 0.25) is 5.91 Å². The van der Waals surface area contributed by atoms with E-state index in [-0.39, 0.29) is 12.5 Å². The SMILES string of the molecule is CO[C@H]1O[C@H]2CO[C@H](c3ccccc3)O[C@@H]2[C@@H](O)[C@@H]1NC(C)=O. The zero-order valence-corrected chi connectivity index (χ0v) is 13.0. The standard InChI is InChI=1S/C16H21NO6/c1-9(18)17-12-13(19)14-11(22-16(12)20-2)8-21-15(23-14)10-6-4-3-5-7-10/h3-7,11-16,19H,8H2,1-2H3,(H,17,18)/t11-,12-,13-,14-,15-,16-/m0/s1. The number of carbonyl (C=O) groups is 1. The fourth-order valence-electron chi connectivity index (χ4n) is 2.96. The second-order valence-electron chi connectivity index (χ2n) is 5.67. The fraction of sp³-hybridized carbons (Fsp3) is 0.562. The molecule has 3 rings (SSSR count). The average molecular weight is 323 g/mol. The van der Waals surface area contributed by atoms with Gasteiger partial charge in [-0.25, -0.2) is 0 Å². The van der Waals surface area contributed by atoms with E-state index in [9.17, 15) is 9.90 Å². The van der Waals surface area contributed by atoms with Crippen LogP contribution in [0.1, 0.15) is 18.8 Å². The van der Waals surface area contributed by atoms with Gasteiger partial charge in [0.25, 0.3) is 0 Å². The number of fused-ring (bicyclic) bond motifs is 1. The van der Waals surface area contributed by atoms with Crippen molar-refractivity contribution in [2.45, 2.75) is 43.9 Å². The van der Waals surface area contributed by atoms with E-state index < -0.39 is 36.9 Å². The van der Waals surface area contributed by atoms with Gasteiger partial charge in [0.1, 0.15) is 24.4 Å². The molecule has 0 bridgehead atoms. The van der Waals surface area contributed by atoms with Crippen molar-refractivity contribution in [1.82, 2.24) is 5.32 Å². The summed E-state index contributed by atoms with van der Waals surface area (Å²) >= 11 is 0. The van der Waals surface area contributed by atoms with Gasteiger partial charge in [-0.15, -0.1) is 0 Å². The predicted octanol–water partition coefficient (Wildman–Crippen LogP) is 0.337. The molecule has 1 aromatic rings. The van der Waals surface area contributed by atoms with Crippen molar-refractivity contribution in [3.8, 4) is 0 Å². The van der Waals surface area contributed by atoms with Crippen LogP contribution in [-0.4, -0.2) is 55.4 Å². The molecule has 2 saturated heterocycles. The van der Waals surface area contributed by atoms with Gasteiger partial charge in [0.05, 0.1) is 6.61 Å². The highest BCUT2D eigenvalue weighted by molar-refractivity contribution is 5.73. The monoisotopic (exact) mass is 323 g/mol. The van der Waals surface area contributed by atoms with Crippen LogP contribution < -0.4 is 5.32 Å². The van der Waals surface area contributed by atoms with Crippen LogP contribution in [0.2, 0.25) is 0 Å². The summed E-state index contributed by atoms with van der Waals surface area (Å²) in [6, 6.07) is 8.78. The Hall–Kier alpha value is -1.51. The Kier molecular flexibility index (Phi) is 4.93. The number of methoxy groups -OCH3 is 1. The third kappa shape index (κ3) is 3.39. The zero-order valence-electron chi connectivity index (χ0n) is 13.0. The molecule has 126 valence electrons. The largest absolute Gasteiger partial charge is 0.388 e. The van der Waals surface area contributed by atoms with Gasteiger partial charge < -0.3 is 29.4 Å². The van der Waals surface area contributed by atoms with E-state index >= 15 is 0 Å². The first kappa shape index (κ1) is 16.4. The van der Waals surface area contributed by atoms with Crippen LogP contribution in [0.5, 0.6) is 0 Å². The molecule has 7 nitrogen and oxygen atoms in total. The van der Waals surface area contributed by atoms with E-state index in [1.165, 1.54) is 14.0 Å². The number of hydrogen-bond acceptors (Lipinski definition) is 6. The number of aliphatic hydroxyl groups is 1. The number of ether oxygens (including phenoxy) is 4. The molecule has 6 atom stereocenters. The number of aliphatic hydroxyl groups excluding tert-OH is 1. The van der Waals surface area contributed by atoms with E-state index in [0.717, 1.165) is 5.56 Å². The van der Waals surface area contributed by atoms with Crippen molar-refractivity contribution in [2.24, 2.45) is 0 Å². The Labute approximate surface area is 134 Å². The summed E-state index contributed by atoms with van der Waals surface area (Å²) in [5.41, 5.74) is 0.864. The molecule has 0 radical (unpaired) electrons. The average Bonchev–Trinajstić information content (AvgIpc) is 2.57. The maximum absolute atomic E-state index is 11.4. The molecule has 0 unspecified atom stereocenters. The molecule has 0 saturated carbocycles. The van der Waals surface area contributed by atoms with E-state index in [4.69, 9.17) is 18.9 Å². The van der Waals surface area contributed by atoms with Crippen LogP contribution >= 0.6 is 0 Å². The molecule has 0 spiro atoms. The minimum Gasteiger partial charge on any atom is -0.388 e. The predicted molar refractivity (Wildman–Crippen MR) is 79.3 cm³/mol. The van der Waals surface area contributed by atoms with Crippen molar-refractivity contribution in [3.63, 3.8) is 0 Å². The Morgan fingerprint density at radius 1 is 1.30 bits per heavy atom. The molecule has 2 aliphatic heterocycles. The van der Waals surface area contributed by atoms with Crippen molar-refractivity contribution >= 4 is 5.91 Å². The number of rotatable bonds is 3. The second-order valence-corrected chi connectivity index (χ2v) is 5.67. The number of hydrogen-bond donors (Lipinski definition) is 2. The summed E-state index contributed by atoms with van der Waals surface area (Å²) in [4.78, 5) is 11.4. The van der Waals surface area contributed by atoms with Crippen LogP contribution in [0, 0.1) is 0 Å². The molecule has 0 aromatic heterocycles. The van der Waals surface area contributed by atoms with Gasteiger partial charge in [0, 0.05) is 19.6 Å². The molecule has 0 aliphatic carbocycles. The quantitative estimate of drug-likeness (QED) is 0.834. The van der Waals surface area contributed by atoms with E-state index in [1.54, 1.807) is 0 Å². The first-order valence-corrected chi connectivity index (χ1v) is 7.55. The Morgan fingerprint density at radius 2 is 2.04 bits per heavy atom. The lowest BCUT2D eigenvalue weighted by molar-refractivity contribution is -0.341. The third-order valence-electron chi connectivity index (χ3n) is 4.04. The van der Waals surface area contributed by atoms with Gasteiger partial charge >= 0.3 is 0 Å². The molecule has 2 heterocycles. The summed E-state index contributed by atoms with van der Waals surface area (Å²) in [5, 5.41) is 13.3. The maximum Gasteiger partial charge on any atom is 0.217 e. The van der Waals surface area contributed by atoms with Crippen LogP contribution in [0.4, 0.5) is 0 Å². The van der Waals surface area contributed by atoms with Gasteiger partial charge in [-0.3, -0.25) is 4.79 Å². The van der Waals surface area contributed by atoms with Crippen molar-refractivity contribution in [3.05, 3.63) is 35.9 Å². The minimum atomic E-state index is -0.960. The van der Waals surface area contributed by atoms with Crippen molar-refractivity contribution < 1.29 is 28.8 Å². The number of nitrogens with one attached hydrogen (secondary N) is 1. The lowest BCUT2D eigenvalue weighted by Gasteiger charge is -2.47. The summed E-state index contributed by atoms with van der Waals surface area (Å²) in [6.45, 7) is 1.65. The maximum atomic E-state index is 11.4. The molecule has 2 N–H and O–H groups in total. The van der Waals surface area contributed by atoms with E-state index in [1.807, 2.05) is 30.3 Å². The highest BCUT2D eigenvalue weighted by atomic mass is 16.7. The Bertz CT molecular complexity index is 539. The van der Waals surface area contributed by atoms with E-state index in [0.29, 0.717) is 0 Å². The first-order valence-electron chi connectivity index (χ1n) is 7.55. The van der Waals surface area contributed by atoms with Gasteiger partial charge in [-0.1, -0.05) is 30.3 Å². The summed E-state index contributed by atoms with van der Waals surface area (Å²) < 4.78 is 22.6. The Balaban J connectivity index is 1.76. The molecule has 7 heteroatoms. The Morgan fingerprint density at radius 3 is 2.70 bits per heavy atom. The number of benzene rings is 1. The van der Waals surface area contributed by atoms with Gasteiger partial charge in [-0.2, -0.15) is 0 Å². The van der Waals surface area contributed by atoms with E-state index in [2.05, 4.69) is 5.32 Å². The normalized spacial score (nSPS) is 37.0. The molecular formula is C16H21NO6. The second kappa shape index (κ2) is 6.94. The molecular weight excluding hydrogens is 302 g/mol. The van der Waals surface area contributed by atoms with Gasteiger partial charge in [-0.05, 0) is 0 Å². The first-order chi connectivity index (χ1) is 11.1. The summed E-state index contributed by atoms with van der Waals surface area (Å²) in [6.07, 6.45) is -3.36. The molecule has 1 amide bonds. The molecule has 2 fully saturated rings. The minimum absolute atomic E-state index is 0.272. The highest BCUT2D eigenvalue weighted by Gasteiger charge is 2.49. The summed E-state index contributed by atoms with van der Waals surface area (Å²) in [5.74, 6) is -0.273. The fourth-order valence-corrected chi connectivity index (χ4v) is 2.96. The highest BCUT2D eigenvalue weighted by Crippen LogP contribution is 2.34. The third-order valence-corrected chi connectivity index (χ3v) is 4.04. The molecule has 2 aliphatic rings. The van der Waals surface area contributed by atoms with Crippen LogP contribution in [-0.2, 0) is 23.7 Å². The van der Waals surface area contributed by atoms with Crippen LogP contribution in [0.25, 0.3) is 0 Å². The topological polar surface area (TPSA) is 86.2 Å². The lowest BCUT2D eigenvalue weighted by Crippen LogP contribution is -2.66. The van der Waals surface area contributed by atoms with Crippen molar-refractivity contribution in [2.75, 3.05) is 13.7 Å². The number of carbonyl (C=O) groups excluding carboxylic acids is 1. The summed E-state index contributed by atoms with van der Waals surface area (Å²) in [7, 11) is 1.46. The van der Waals surface area contributed by atoms with Gasteiger partial charge in [0.15, 0.2) is 12.6 Å². The van der Waals surface area contributed by atoms with Crippen molar-refractivity contribution in [1.29, 1.82) is 0 Å². The zero-order chi connectivity index (χ0) is 16.4. The van der Waals surface area contributed by atoms with Crippen LogP contribution in [0.15, 0.2) is 30.3 Å². The molecule has 1 aromatic carbocycles. The smallest absolute Gasteiger partial charge is 0.217 e.